The van der Waals surface area contributed by atoms with Crippen molar-refractivity contribution in [2.24, 2.45) is 5.73 Å². The van der Waals surface area contributed by atoms with E-state index in [-0.39, 0.29) is 0 Å². The van der Waals surface area contributed by atoms with Crippen molar-refractivity contribution < 1.29 is 13.9 Å². The van der Waals surface area contributed by atoms with Crippen LogP contribution >= 0.6 is 0 Å². The molecular formula is C25H20N2O3. The molecule has 0 atom stereocenters. The summed E-state index contributed by atoms with van der Waals surface area (Å²) in [6, 6.07) is 23.6. The number of methoxy groups -OCH3 is 1. The number of carbonyl (C=O) groups excluding carboxylic acids is 1. The second kappa shape index (κ2) is 7.12. The zero-order valence-corrected chi connectivity index (χ0v) is 16.5. The highest BCUT2D eigenvalue weighted by atomic mass is 16.5. The Kier molecular flexibility index (Phi) is 4.29. The van der Waals surface area contributed by atoms with Crippen LogP contribution in [0.5, 0.6) is 5.75 Å². The number of benzene rings is 3. The van der Waals surface area contributed by atoms with Gasteiger partial charge in [-0.1, -0.05) is 30.3 Å². The molecule has 0 radical (unpaired) electrons. The highest BCUT2D eigenvalue weighted by Gasteiger charge is 2.17. The Morgan fingerprint density at radius 2 is 1.87 bits per heavy atom. The van der Waals surface area contributed by atoms with Crippen LogP contribution in [-0.4, -0.2) is 17.6 Å². The van der Waals surface area contributed by atoms with Gasteiger partial charge < -0.3 is 19.5 Å². The van der Waals surface area contributed by atoms with Crippen molar-refractivity contribution in [1.82, 2.24) is 4.57 Å². The van der Waals surface area contributed by atoms with Crippen LogP contribution < -0.4 is 10.5 Å². The van der Waals surface area contributed by atoms with Gasteiger partial charge in [-0.05, 0) is 48.0 Å². The van der Waals surface area contributed by atoms with Gasteiger partial charge in [-0.2, -0.15) is 0 Å². The molecule has 5 aromatic rings. The van der Waals surface area contributed by atoms with Crippen molar-refractivity contribution in [1.29, 1.82) is 0 Å². The lowest BCUT2D eigenvalue weighted by atomic mass is 10.0. The van der Waals surface area contributed by atoms with Crippen LogP contribution in [0.4, 0.5) is 0 Å². The van der Waals surface area contributed by atoms with E-state index in [4.69, 9.17) is 14.9 Å². The van der Waals surface area contributed by atoms with Crippen molar-refractivity contribution in [2.75, 3.05) is 7.11 Å². The minimum Gasteiger partial charge on any atom is -0.497 e. The fourth-order valence-corrected chi connectivity index (χ4v) is 4.07. The topological polar surface area (TPSA) is 70.4 Å². The molecule has 0 spiro atoms. The first-order valence-corrected chi connectivity index (χ1v) is 9.67. The number of hydrogen-bond donors (Lipinski definition) is 1. The van der Waals surface area contributed by atoms with E-state index in [1.807, 2.05) is 54.6 Å². The smallest absolute Gasteiger partial charge is 0.249 e. The molecule has 0 saturated heterocycles. The number of nitrogens with two attached hydrogens (primary N) is 1. The second-order valence-corrected chi connectivity index (χ2v) is 7.21. The Morgan fingerprint density at radius 1 is 1.00 bits per heavy atom. The summed E-state index contributed by atoms with van der Waals surface area (Å²) in [5.74, 6) is 1.17. The molecule has 30 heavy (non-hydrogen) atoms. The molecule has 5 nitrogen and oxygen atoms in total. The predicted octanol–water partition coefficient (Wildman–Crippen LogP) is 5.21. The van der Waals surface area contributed by atoms with E-state index in [0.29, 0.717) is 12.1 Å². The maximum absolute atomic E-state index is 12.1. The summed E-state index contributed by atoms with van der Waals surface area (Å²) in [4.78, 5) is 12.1. The minimum atomic E-state index is -0.434. The molecule has 5 heteroatoms. The second-order valence-electron chi connectivity index (χ2n) is 7.21. The predicted molar refractivity (Wildman–Crippen MR) is 118 cm³/mol. The third-order valence-electron chi connectivity index (χ3n) is 5.44. The van der Waals surface area contributed by atoms with E-state index in [0.717, 1.165) is 44.4 Å². The number of carbonyl (C=O) groups is 1. The third-order valence-corrected chi connectivity index (χ3v) is 5.44. The first-order chi connectivity index (χ1) is 14.7. The molecule has 5 rings (SSSR count). The van der Waals surface area contributed by atoms with Gasteiger partial charge in [0, 0.05) is 28.4 Å². The van der Waals surface area contributed by atoms with Crippen LogP contribution in [0.25, 0.3) is 33.1 Å². The number of nitrogens with zero attached hydrogens (tertiary/aromatic N) is 1. The first-order valence-electron chi connectivity index (χ1n) is 9.67. The van der Waals surface area contributed by atoms with Crippen LogP contribution in [0.1, 0.15) is 15.9 Å². The van der Waals surface area contributed by atoms with Crippen molar-refractivity contribution in [3.63, 3.8) is 0 Å². The lowest BCUT2D eigenvalue weighted by Crippen LogP contribution is -2.11. The number of aromatic nitrogens is 1. The summed E-state index contributed by atoms with van der Waals surface area (Å²) in [5, 5.41) is 1.85. The molecule has 0 unspecified atom stereocenters. The van der Waals surface area contributed by atoms with Crippen LogP contribution in [0.3, 0.4) is 0 Å². The van der Waals surface area contributed by atoms with Crippen LogP contribution in [0.15, 0.2) is 83.5 Å². The average molecular weight is 396 g/mol. The molecule has 0 bridgehead atoms. The van der Waals surface area contributed by atoms with Gasteiger partial charge >= 0.3 is 0 Å². The van der Waals surface area contributed by atoms with Gasteiger partial charge in [-0.3, -0.25) is 4.79 Å². The fraction of sp³-hybridized carbons (Fsp3) is 0.0800. The Bertz CT molecular complexity index is 1380. The first kappa shape index (κ1) is 18.1. The fourth-order valence-electron chi connectivity index (χ4n) is 4.07. The Balaban J connectivity index is 1.79. The molecular weight excluding hydrogens is 376 g/mol. The molecule has 0 aliphatic rings. The van der Waals surface area contributed by atoms with Gasteiger partial charge in [-0.25, -0.2) is 0 Å². The zero-order chi connectivity index (χ0) is 20.7. The number of primary amides is 1. The van der Waals surface area contributed by atoms with Crippen molar-refractivity contribution in [3.8, 4) is 17.1 Å². The standard InChI is InChI=1S/C25H20N2O3/c1-29-18-6-2-5-16(13-18)15-27-21-8-3-7-20(25(26)28)24(21)19-11-10-17(14-22(19)27)23-9-4-12-30-23/h2-14H,15H2,1H3,(H2,26,28). The van der Waals surface area contributed by atoms with Gasteiger partial charge in [0.25, 0.3) is 0 Å². The number of hydrogen-bond acceptors (Lipinski definition) is 3. The lowest BCUT2D eigenvalue weighted by molar-refractivity contribution is 0.100. The van der Waals surface area contributed by atoms with Crippen molar-refractivity contribution >= 4 is 27.7 Å². The minimum absolute atomic E-state index is 0.434. The molecule has 0 aliphatic heterocycles. The normalized spacial score (nSPS) is 11.2. The lowest BCUT2D eigenvalue weighted by Gasteiger charge is -2.10. The molecule has 0 aliphatic carbocycles. The number of fused-ring (bicyclic) bond motifs is 3. The van der Waals surface area contributed by atoms with Gasteiger partial charge in [0.2, 0.25) is 5.91 Å². The summed E-state index contributed by atoms with van der Waals surface area (Å²) in [6.07, 6.45) is 1.66. The largest absolute Gasteiger partial charge is 0.497 e. The molecule has 2 N–H and O–H groups in total. The van der Waals surface area contributed by atoms with Crippen molar-refractivity contribution in [3.05, 3.63) is 90.2 Å². The van der Waals surface area contributed by atoms with E-state index in [9.17, 15) is 4.79 Å². The van der Waals surface area contributed by atoms with E-state index in [2.05, 4.69) is 16.7 Å². The number of ether oxygens (including phenoxy) is 1. The summed E-state index contributed by atoms with van der Waals surface area (Å²) in [6.45, 7) is 0.626. The van der Waals surface area contributed by atoms with E-state index in [1.165, 1.54) is 0 Å². The van der Waals surface area contributed by atoms with Gasteiger partial charge in [0.15, 0.2) is 0 Å². The monoisotopic (exact) mass is 396 g/mol. The zero-order valence-electron chi connectivity index (χ0n) is 16.5. The molecule has 0 saturated carbocycles. The molecule has 0 fully saturated rings. The van der Waals surface area contributed by atoms with Crippen LogP contribution in [0, 0.1) is 0 Å². The third kappa shape index (κ3) is 2.92. The van der Waals surface area contributed by atoms with Crippen LogP contribution in [0.2, 0.25) is 0 Å². The number of amides is 1. The summed E-state index contributed by atoms with van der Waals surface area (Å²) in [5.41, 5.74) is 10.3. The summed E-state index contributed by atoms with van der Waals surface area (Å²) < 4.78 is 13.2. The Morgan fingerprint density at radius 3 is 2.63 bits per heavy atom. The maximum Gasteiger partial charge on any atom is 0.249 e. The molecule has 2 aromatic heterocycles. The Hall–Kier alpha value is -3.99. The molecule has 2 heterocycles. The van der Waals surface area contributed by atoms with Gasteiger partial charge in [0.1, 0.15) is 11.5 Å². The SMILES string of the molecule is COc1cccc(Cn2c3cc(-c4ccco4)ccc3c3c(C(N)=O)cccc32)c1. The molecule has 148 valence electrons. The molecule has 1 amide bonds. The summed E-state index contributed by atoms with van der Waals surface area (Å²) in [7, 11) is 1.66. The van der Waals surface area contributed by atoms with Crippen molar-refractivity contribution in [2.45, 2.75) is 6.54 Å². The average Bonchev–Trinajstić information content (AvgIpc) is 3.41. The van der Waals surface area contributed by atoms with Crippen LogP contribution in [-0.2, 0) is 6.54 Å². The van der Waals surface area contributed by atoms with Gasteiger partial charge in [-0.15, -0.1) is 0 Å². The number of furan rings is 1. The van der Waals surface area contributed by atoms with E-state index in [1.54, 1.807) is 19.4 Å². The summed E-state index contributed by atoms with van der Waals surface area (Å²) >= 11 is 0. The molecule has 3 aromatic carbocycles. The Labute approximate surface area is 173 Å². The van der Waals surface area contributed by atoms with E-state index >= 15 is 0 Å². The highest BCUT2D eigenvalue weighted by Crippen LogP contribution is 2.35. The highest BCUT2D eigenvalue weighted by molar-refractivity contribution is 6.18. The van der Waals surface area contributed by atoms with Gasteiger partial charge in [0.05, 0.1) is 24.4 Å². The van der Waals surface area contributed by atoms with E-state index < -0.39 is 5.91 Å². The maximum atomic E-state index is 12.1. The quantitative estimate of drug-likeness (QED) is 0.443. The number of rotatable bonds is 5.